The summed E-state index contributed by atoms with van der Waals surface area (Å²) in [6.45, 7) is 2.72. The zero-order chi connectivity index (χ0) is 19.2. The summed E-state index contributed by atoms with van der Waals surface area (Å²) in [6, 6.07) is 0.0717. The van der Waals surface area contributed by atoms with Gasteiger partial charge in [0.15, 0.2) is 21.5 Å². The van der Waals surface area contributed by atoms with Crippen molar-refractivity contribution in [2.24, 2.45) is 0 Å². The second kappa shape index (κ2) is 7.18. The van der Waals surface area contributed by atoms with Gasteiger partial charge < -0.3 is 9.80 Å². The molecule has 3 heterocycles. The van der Waals surface area contributed by atoms with Crippen molar-refractivity contribution in [2.45, 2.75) is 75.3 Å². The van der Waals surface area contributed by atoms with Crippen LogP contribution in [0.15, 0.2) is 4.90 Å². The molecule has 2 aliphatic heterocycles. The minimum absolute atomic E-state index is 0.0129. The number of anilines is 2. The highest BCUT2D eigenvalue weighted by Crippen LogP contribution is 2.41. The maximum Gasteiger partial charge on any atom is 0.239 e. The van der Waals surface area contributed by atoms with Gasteiger partial charge in [0.2, 0.25) is 5.95 Å². The number of aromatic nitrogens is 1. The quantitative estimate of drug-likeness (QED) is 0.711. The summed E-state index contributed by atoms with van der Waals surface area (Å²) in [4.78, 5) is 6.96. The molecule has 0 aromatic carbocycles. The molecular formula is C19H27F2N3O2S. The summed E-state index contributed by atoms with van der Waals surface area (Å²) in [5.74, 6) is -2.05. The molecule has 0 unspecified atom stereocenters. The maximum atomic E-state index is 15.5. The van der Waals surface area contributed by atoms with E-state index in [-0.39, 0.29) is 35.9 Å². The molecule has 8 heteroatoms. The van der Waals surface area contributed by atoms with Gasteiger partial charge in [-0.25, -0.2) is 12.8 Å². The van der Waals surface area contributed by atoms with Gasteiger partial charge in [0.25, 0.3) is 0 Å². The van der Waals surface area contributed by atoms with Gasteiger partial charge in [-0.2, -0.15) is 9.37 Å². The monoisotopic (exact) mass is 399 g/mol. The van der Waals surface area contributed by atoms with E-state index < -0.39 is 26.5 Å². The van der Waals surface area contributed by atoms with Gasteiger partial charge in [-0.3, -0.25) is 0 Å². The van der Waals surface area contributed by atoms with Crippen molar-refractivity contribution in [2.75, 3.05) is 28.6 Å². The maximum absolute atomic E-state index is 15.5. The summed E-state index contributed by atoms with van der Waals surface area (Å²) >= 11 is 0. The summed E-state index contributed by atoms with van der Waals surface area (Å²) in [6.07, 6.45) is 7.72. The third-order valence-corrected chi connectivity index (χ3v) is 8.01. The van der Waals surface area contributed by atoms with E-state index in [1.165, 1.54) is 0 Å². The van der Waals surface area contributed by atoms with Gasteiger partial charge in [-0.05, 0) is 39.0 Å². The molecule has 1 atom stereocenters. The fraction of sp³-hybridized carbons (Fsp3) is 0.737. The Morgan fingerprint density at radius 3 is 2.37 bits per heavy atom. The fourth-order valence-electron chi connectivity index (χ4n) is 4.82. The number of piperidine rings is 1. The molecule has 3 aliphatic rings. The average Bonchev–Trinajstić information content (AvgIpc) is 2.65. The van der Waals surface area contributed by atoms with Crippen LogP contribution in [0.5, 0.6) is 0 Å². The lowest BCUT2D eigenvalue weighted by Gasteiger charge is -2.40. The number of sulfone groups is 1. The number of halogens is 2. The van der Waals surface area contributed by atoms with Crippen molar-refractivity contribution in [3.8, 4) is 0 Å². The molecule has 1 aromatic heterocycles. The number of hydrogen-bond acceptors (Lipinski definition) is 5. The highest BCUT2D eigenvalue weighted by molar-refractivity contribution is 7.91. The molecule has 1 saturated heterocycles. The molecular weight excluding hydrogens is 372 g/mol. The van der Waals surface area contributed by atoms with E-state index in [0.29, 0.717) is 6.54 Å². The van der Waals surface area contributed by atoms with Crippen LogP contribution in [0.25, 0.3) is 0 Å². The molecule has 1 aromatic rings. The molecule has 0 radical (unpaired) electrons. The van der Waals surface area contributed by atoms with Crippen LogP contribution in [0.2, 0.25) is 0 Å². The van der Waals surface area contributed by atoms with Crippen LogP contribution < -0.4 is 9.80 Å². The van der Waals surface area contributed by atoms with Gasteiger partial charge >= 0.3 is 0 Å². The van der Waals surface area contributed by atoms with Gasteiger partial charge in [-0.1, -0.05) is 19.3 Å². The first kappa shape index (κ1) is 18.9. The van der Waals surface area contributed by atoms with Crippen molar-refractivity contribution >= 4 is 21.3 Å². The zero-order valence-corrected chi connectivity index (χ0v) is 16.6. The summed E-state index contributed by atoms with van der Waals surface area (Å²) in [5.41, 5.74) is -0.140. The molecule has 150 valence electrons. The first-order valence-corrected chi connectivity index (χ1v) is 11.7. The van der Waals surface area contributed by atoms with Crippen molar-refractivity contribution < 1.29 is 17.2 Å². The Labute approximate surface area is 159 Å². The van der Waals surface area contributed by atoms with E-state index >= 15 is 8.78 Å². The number of pyridine rings is 1. The lowest BCUT2D eigenvalue weighted by atomic mass is 9.94. The third-order valence-electron chi connectivity index (χ3n) is 6.30. The van der Waals surface area contributed by atoms with E-state index in [2.05, 4.69) is 4.98 Å². The Bertz CT molecular complexity index is 825. The van der Waals surface area contributed by atoms with Crippen LogP contribution in [0.3, 0.4) is 0 Å². The van der Waals surface area contributed by atoms with Crippen LogP contribution in [0, 0.1) is 11.8 Å². The van der Waals surface area contributed by atoms with E-state index in [1.54, 1.807) is 9.80 Å². The van der Waals surface area contributed by atoms with Crippen molar-refractivity contribution in [1.82, 2.24) is 4.98 Å². The number of fused-ring (bicyclic) bond motifs is 1. The molecule has 27 heavy (non-hydrogen) atoms. The van der Waals surface area contributed by atoms with Crippen LogP contribution in [-0.2, 0) is 9.84 Å². The van der Waals surface area contributed by atoms with Gasteiger partial charge in [0.05, 0.1) is 5.75 Å². The average molecular weight is 400 g/mol. The van der Waals surface area contributed by atoms with Gasteiger partial charge in [0, 0.05) is 25.2 Å². The smallest absolute Gasteiger partial charge is 0.239 e. The minimum atomic E-state index is -3.87. The first-order chi connectivity index (χ1) is 12.9. The van der Waals surface area contributed by atoms with E-state index in [4.69, 9.17) is 0 Å². The fourth-order valence-corrected chi connectivity index (χ4v) is 6.32. The Balaban J connectivity index is 1.83. The SMILES string of the molecule is C[C@@H]1CCCCN1c1nc(F)c2c(c1F)S(=O)(=O)CCN2C1CCCCC1. The van der Waals surface area contributed by atoms with Crippen LogP contribution in [-0.4, -0.2) is 44.3 Å². The van der Waals surface area contributed by atoms with E-state index in [9.17, 15) is 8.42 Å². The normalized spacial score (nSPS) is 26.1. The Morgan fingerprint density at radius 2 is 1.67 bits per heavy atom. The Kier molecular flexibility index (Phi) is 5.03. The molecule has 5 nitrogen and oxygen atoms in total. The largest absolute Gasteiger partial charge is 0.363 e. The second-order valence-electron chi connectivity index (χ2n) is 8.06. The highest BCUT2D eigenvalue weighted by atomic mass is 32.2. The van der Waals surface area contributed by atoms with Crippen LogP contribution in [0.1, 0.15) is 58.3 Å². The molecule has 0 N–H and O–H groups in total. The lowest BCUT2D eigenvalue weighted by molar-refractivity contribution is 0.404. The van der Waals surface area contributed by atoms with E-state index in [1.807, 2.05) is 6.92 Å². The molecule has 2 fully saturated rings. The van der Waals surface area contributed by atoms with E-state index in [0.717, 1.165) is 51.4 Å². The molecule has 0 amide bonds. The Morgan fingerprint density at radius 1 is 0.963 bits per heavy atom. The number of rotatable bonds is 2. The zero-order valence-electron chi connectivity index (χ0n) is 15.8. The summed E-state index contributed by atoms with van der Waals surface area (Å²) < 4.78 is 56.0. The summed E-state index contributed by atoms with van der Waals surface area (Å²) in [5, 5.41) is 0. The summed E-state index contributed by atoms with van der Waals surface area (Å²) in [7, 11) is -3.87. The topological polar surface area (TPSA) is 53.5 Å². The first-order valence-electron chi connectivity index (χ1n) is 10.0. The van der Waals surface area contributed by atoms with Crippen LogP contribution >= 0.6 is 0 Å². The highest BCUT2D eigenvalue weighted by Gasteiger charge is 2.40. The molecule has 0 spiro atoms. The number of hydrogen-bond donors (Lipinski definition) is 0. The third kappa shape index (κ3) is 3.30. The van der Waals surface area contributed by atoms with Gasteiger partial charge in [-0.15, -0.1) is 0 Å². The number of nitrogens with zero attached hydrogens (tertiary/aromatic N) is 3. The standard InChI is InChI=1S/C19H27F2N3O2S/c1-13-7-5-6-10-23(13)19-15(20)17-16(18(21)22-19)24(11-12-27(17,25)26)14-8-3-2-4-9-14/h13-14H,2-12H2,1H3/t13-/m1/s1. The minimum Gasteiger partial charge on any atom is -0.363 e. The molecule has 4 rings (SSSR count). The second-order valence-corrected chi connectivity index (χ2v) is 10.1. The molecule has 1 aliphatic carbocycles. The van der Waals surface area contributed by atoms with Crippen molar-refractivity contribution in [3.63, 3.8) is 0 Å². The van der Waals surface area contributed by atoms with Gasteiger partial charge in [0.1, 0.15) is 10.6 Å². The predicted molar refractivity (Wildman–Crippen MR) is 101 cm³/mol. The van der Waals surface area contributed by atoms with Crippen LogP contribution in [0.4, 0.5) is 20.3 Å². The van der Waals surface area contributed by atoms with Crippen molar-refractivity contribution in [3.05, 3.63) is 11.8 Å². The lowest BCUT2D eigenvalue weighted by Crippen LogP contribution is -2.45. The van der Waals surface area contributed by atoms with Crippen molar-refractivity contribution in [1.29, 1.82) is 0 Å². The molecule has 1 saturated carbocycles. The predicted octanol–water partition coefficient (Wildman–Crippen LogP) is 3.67. The molecule has 0 bridgehead atoms. The Hall–Kier alpha value is -1.44.